The van der Waals surface area contributed by atoms with E-state index in [2.05, 4.69) is 41.1 Å². The zero-order valence-electron chi connectivity index (χ0n) is 22.7. The average molecular weight is 524 g/mol. The van der Waals surface area contributed by atoms with Gasteiger partial charge in [0.15, 0.2) is 11.3 Å². The number of nitrogens with two attached hydrogens (primary N) is 1. The van der Waals surface area contributed by atoms with Crippen LogP contribution >= 0.6 is 0 Å². The number of rotatable bonds is 4. The highest BCUT2D eigenvalue weighted by molar-refractivity contribution is 5.84. The summed E-state index contributed by atoms with van der Waals surface area (Å²) in [7, 11) is 4.13. The number of nitrogens with zero attached hydrogens (tertiary/aromatic N) is 6. The van der Waals surface area contributed by atoms with Crippen LogP contribution in [0.2, 0.25) is 0 Å². The molecule has 1 fully saturated rings. The Bertz CT molecular complexity index is 1650. The molecule has 2 aliphatic carbocycles. The molecule has 3 unspecified atom stereocenters. The molecule has 39 heavy (non-hydrogen) atoms. The van der Waals surface area contributed by atoms with E-state index in [4.69, 9.17) is 20.0 Å². The van der Waals surface area contributed by atoms with Crippen LogP contribution in [-0.2, 0) is 25.3 Å². The van der Waals surface area contributed by atoms with E-state index in [1.54, 1.807) is 6.33 Å². The maximum Gasteiger partial charge on any atom is 0.243 e. The molecule has 0 bridgehead atoms. The Balaban J connectivity index is 1.34. The lowest BCUT2D eigenvalue weighted by atomic mass is 9.68. The first kappa shape index (κ1) is 24.2. The summed E-state index contributed by atoms with van der Waals surface area (Å²) in [5.41, 5.74) is 13.4. The number of imidazole rings is 1. The van der Waals surface area contributed by atoms with Crippen LogP contribution in [0, 0.1) is 11.3 Å². The lowest BCUT2D eigenvalue weighted by molar-refractivity contribution is 0.118. The van der Waals surface area contributed by atoms with Crippen molar-refractivity contribution in [2.24, 2.45) is 7.05 Å². The molecule has 3 aromatic heterocycles. The van der Waals surface area contributed by atoms with Gasteiger partial charge in [-0.15, -0.1) is 0 Å². The largest absolute Gasteiger partial charge is 0.471 e. The number of hydrogen-bond acceptors (Lipinski definition) is 8. The summed E-state index contributed by atoms with van der Waals surface area (Å²) in [6, 6.07) is 8.68. The number of nitrogen functional groups attached to an aromatic ring is 1. The number of aromatic nitrogens is 4. The molecule has 9 nitrogen and oxygen atoms in total. The molecule has 200 valence electrons. The molecule has 1 saturated heterocycles. The summed E-state index contributed by atoms with van der Waals surface area (Å²) < 4.78 is 14.7. The molecule has 4 aromatic rings. The van der Waals surface area contributed by atoms with Gasteiger partial charge < -0.3 is 19.6 Å². The summed E-state index contributed by atoms with van der Waals surface area (Å²) >= 11 is 0. The SMILES string of the molecule is CC(Oc1nc(-c2noc3c2CCCC32CCc3ccc(N)c(C#N)c32)cc2c1ncn2C)C1CCCN1C. The van der Waals surface area contributed by atoms with Crippen molar-refractivity contribution in [2.45, 2.75) is 69.4 Å². The van der Waals surface area contributed by atoms with Gasteiger partial charge in [-0.3, -0.25) is 4.90 Å². The number of nitriles is 1. The first-order valence-corrected chi connectivity index (χ1v) is 13.9. The Morgan fingerprint density at radius 1 is 1.23 bits per heavy atom. The minimum atomic E-state index is -0.383. The second kappa shape index (κ2) is 8.82. The zero-order chi connectivity index (χ0) is 26.9. The maximum atomic E-state index is 10.0. The predicted molar refractivity (Wildman–Crippen MR) is 147 cm³/mol. The van der Waals surface area contributed by atoms with Crippen molar-refractivity contribution < 1.29 is 9.26 Å². The van der Waals surface area contributed by atoms with Crippen LogP contribution in [-0.4, -0.2) is 50.3 Å². The lowest BCUT2D eigenvalue weighted by Crippen LogP contribution is -2.38. The zero-order valence-corrected chi connectivity index (χ0v) is 22.7. The fourth-order valence-corrected chi connectivity index (χ4v) is 7.37. The third kappa shape index (κ3) is 3.51. The second-order valence-electron chi connectivity index (χ2n) is 11.5. The van der Waals surface area contributed by atoms with Crippen LogP contribution in [0.25, 0.3) is 22.4 Å². The van der Waals surface area contributed by atoms with Gasteiger partial charge in [0.2, 0.25) is 5.88 Å². The minimum Gasteiger partial charge on any atom is -0.471 e. The summed E-state index contributed by atoms with van der Waals surface area (Å²) in [5.74, 6) is 1.39. The van der Waals surface area contributed by atoms with Gasteiger partial charge in [-0.05, 0) is 88.7 Å². The minimum absolute atomic E-state index is 0.0233. The van der Waals surface area contributed by atoms with Crippen LogP contribution in [0.3, 0.4) is 0 Å². The molecule has 0 saturated carbocycles. The van der Waals surface area contributed by atoms with Gasteiger partial charge in [0.05, 0.1) is 28.5 Å². The predicted octanol–water partition coefficient (Wildman–Crippen LogP) is 4.51. The van der Waals surface area contributed by atoms with Gasteiger partial charge in [-0.2, -0.15) is 5.26 Å². The van der Waals surface area contributed by atoms with E-state index in [-0.39, 0.29) is 11.5 Å². The standard InChI is InChI=1S/C30H33N7O2/c1-17(23-7-5-13-36(23)2)38-29-27-24(37(3)16-33-27)14-22(34-29)26-19-6-4-11-30(28(19)39-35-26)12-10-18-8-9-21(32)20(15-31)25(18)30/h8-9,14,16-17,23H,4-7,10-13,32H2,1-3H3. The Hall–Kier alpha value is -3.90. The Morgan fingerprint density at radius 2 is 2.10 bits per heavy atom. The quantitative estimate of drug-likeness (QED) is 0.388. The van der Waals surface area contributed by atoms with Crippen LogP contribution in [0.5, 0.6) is 5.88 Å². The van der Waals surface area contributed by atoms with Crippen LogP contribution in [0.4, 0.5) is 5.69 Å². The number of likely N-dealkylation sites (tertiary alicyclic amines) is 1. The van der Waals surface area contributed by atoms with E-state index >= 15 is 0 Å². The highest BCUT2D eigenvalue weighted by Gasteiger charge is 2.49. The molecular formula is C30H33N7O2. The molecule has 2 N–H and O–H groups in total. The van der Waals surface area contributed by atoms with E-state index in [0.717, 1.165) is 84.4 Å². The Labute approximate surface area is 227 Å². The van der Waals surface area contributed by atoms with Gasteiger partial charge in [0, 0.05) is 24.3 Å². The smallest absolute Gasteiger partial charge is 0.243 e. The number of likely N-dealkylation sites (N-methyl/N-ethyl adjacent to an activating group) is 1. The summed E-state index contributed by atoms with van der Waals surface area (Å²) in [6.45, 7) is 3.20. The van der Waals surface area contributed by atoms with E-state index in [1.807, 2.05) is 23.7 Å². The molecular weight excluding hydrogens is 490 g/mol. The van der Waals surface area contributed by atoms with Crippen molar-refractivity contribution in [3.05, 3.63) is 52.5 Å². The average Bonchev–Trinajstić information content (AvgIpc) is 3.71. The molecule has 1 aromatic carbocycles. The fraction of sp³-hybridized carbons (Fsp3) is 0.467. The fourth-order valence-electron chi connectivity index (χ4n) is 7.37. The number of ether oxygens (including phenoxy) is 1. The van der Waals surface area contributed by atoms with Crippen LogP contribution in [0.15, 0.2) is 29.0 Å². The van der Waals surface area contributed by atoms with Crippen LogP contribution < -0.4 is 10.5 Å². The van der Waals surface area contributed by atoms with Crippen molar-refractivity contribution in [2.75, 3.05) is 19.3 Å². The number of hydrogen-bond donors (Lipinski definition) is 1. The Morgan fingerprint density at radius 3 is 2.90 bits per heavy atom. The number of anilines is 1. The van der Waals surface area contributed by atoms with Gasteiger partial charge in [-0.25, -0.2) is 9.97 Å². The monoisotopic (exact) mass is 523 g/mol. The topological polar surface area (TPSA) is 119 Å². The van der Waals surface area contributed by atoms with Gasteiger partial charge >= 0.3 is 0 Å². The van der Waals surface area contributed by atoms with E-state index in [9.17, 15) is 5.26 Å². The highest BCUT2D eigenvalue weighted by atomic mass is 16.5. The molecule has 7 rings (SSSR count). The summed E-state index contributed by atoms with van der Waals surface area (Å²) in [4.78, 5) is 12.0. The van der Waals surface area contributed by atoms with Gasteiger partial charge in [-0.1, -0.05) is 11.2 Å². The van der Waals surface area contributed by atoms with Crippen molar-refractivity contribution in [3.63, 3.8) is 0 Å². The second-order valence-corrected chi connectivity index (χ2v) is 11.5. The molecule has 0 radical (unpaired) electrons. The first-order chi connectivity index (χ1) is 18.9. The molecule has 1 spiro atoms. The first-order valence-electron chi connectivity index (χ1n) is 13.9. The van der Waals surface area contributed by atoms with Crippen molar-refractivity contribution in [1.82, 2.24) is 24.6 Å². The molecule has 3 aliphatic rings. The molecule has 1 aliphatic heterocycles. The van der Waals surface area contributed by atoms with E-state index in [0.29, 0.717) is 23.2 Å². The lowest BCUT2D eigenvalue weighted by Gasteiger charge is -2.33. The third-order valence-corrected chi connectivity index (χ3v) is 9.33. The van der Waals surface area contributed by atoms with E-state index in [1.165, 1.54) is 12.0 Å². The summed E-state index contributed by atoms with van der Waals surface area (Å²) in [5, 5.41) is 14.6. The van der Waals surface area contributed by atoms with Crippen molar-refractivity contribution in [1.29, 1.82) is 5.26 Å². The Kier molecular flexibility index (Phi) is 5.46. The number of benzene rings is 1. The highest BCUT2D eigenvalue weighted by Crippen LogP contribution is 2.54. The molecule has 4 heterocycles. The van der Waals surface area contributed by atoms with Crippen molar-refractivity contribution >= 4 is 16.7 Å². The summed E-state index contributed by atoms with van der Waals surface area (Å²) in [6.07, 6.45) is 8.57. The molecule has 9 heteroatoms. The molecule has 0 amide bonds. The molecule has 3 atom stereocenters. The van der Waals surface area contributed by atoms with Gasteiger partial charge in [0.1, 0.15) is 17.9 Å². The van der Waals surface area contributed by atoms with E-state index < -0.39 is 0 Å². The normalized spacial score (nSPS) is 23.2. The number of fused-ring (bicyclic) bond motifs is 5. The number of pyridine rings is 1. The van der Waals surface area contributed by atoms with Crippen LogP contribution in [0.1, 0.15) is 67.0 Å². The number of aryl methyl sites for hydroxylation is 2. The van der Waals surface area contributed by atoms with Crippen molar-refractivity contribution in [3.8, 4) is 23.3 Å². The van der Waals surface area contributed by atoms with Gasteiger partial charge in [0.25, 0.3) is 0 Å². The third-order valence-electron chi connectivity index (χ3n) is 9.33. The maximum absolute atomic E-state index is 10.0.